The average Bonchev–Trinajstić information content (AvgIpc) is 3.38. The molecule has 1 saturated carbocycles. The molecule has 0 spiro atoms. The smallest absolute Gasteiger partial charge is 0.253 e. The Morgan fingerprint density at radius 1 is 0.806 bits per heavy atom. The van der Waals surface area contributed by atoms with Crippen LogP contribution >= 0.6 is 0 Å². The van der Waals surface area contributed by atoms with E-state index >= 15 is 0 Å². The summed E-state index contributed by atoms with van der Waals surface area (Å²) in [6, 6.07) is 20.3. The maximum absolute atomic E-state index is 14.3. The minimum atomic E-state index is -0.575. The van der Waals surface area contributed by atoms with Crippen molar-refractivity contribution in [2.45, 2.75) is 38.1 Å². The molecule has 1 aliphatic rings. The highest BCUT2D eigenvalue weighted by Crippen LogP contribution is 2.22. The number of hydrogen-bond acceptors (Lipinski definition) is 4. The molecule has 0 aliphatic heterocycles. The zero-order valence-corrected chi connectivity index (χ0v) is 19.9. The molecular formula is C28H29FN4O3. The van der Waals surface area contributed by atoms with Gasteiger partial charge in [0, 0.05) is 11.7 Å². The number of para-hydroxylation sites is 1. The number of hydrogen-bond donors (Lipinski definition) is 4. The Morgan fingerprint density at radius 2 is 1.50 bits per heavy atom. The number of amides is 3. The fourth-order valence-corrected chi connectivity index (χ4v) is 4.21. The number of anilines is 3. The molecule has 4 N–H and O–H groups in total. The summed E-state index contributed by atoms with van der Waals surface area (Å²) in [5, 5.41) is 11.3. The highest BCUT2D eigenvalue weighted by atomic mass is 19.1. The molecule has 3 amide bonds. The van der Waals surface area contributed by atoms with Crippen molar-refractivity contribution in [1.29, 1.82) is 0 Å². The monoisotopic (exact) mass is 488 g/mol. The van der Waals surface area contributed by atoms with Crippen LogP contribution in [-0.2, 0) is 16.0 Å². The molecule has 0 unspecified atom stereocenters. The van der Waals surface area contributed by atoms with Gasteiger partial charge in [-0.15, -0.1) is 0 Å². The average molecular weight is 489 g/mol. The van der Waals surface area contributed by atoms with E-state index in [1.165, 1.54) is 18.2 Å². The highest BCUT2D eigenvalue weighted by Gasteiger charge is 2.20. The van der Waals surface area contributed by atoms with E-state index in [0.717, 1.165) is 31.2 Å². The van der Waals surface area contributed by atoms with Crippen LogP contribution in [0.4, 0.5) is 21.5 Å². The Labute approximate surface area is 209 Å². The lowest BCUT2D eigenvalue weighted by molar-refractivity contribution is -0.116. The molecule has 0 atom stereocenters. The Kier molecular flexibility index (Phi) is 8.28. The van der Waals surface area contributed by atoms with Crippen molar-refractivity contribution >= 4 is 34.8 Å². The van der Waals surface area contributed by atoms with Crippen LogP contribution in [0.5, 0.6) is 0 Å². The van der Waals surface area contributed by atoms with Gasteiger partial charge in [0.1, 0.15) is 5.82 Å². The molecule has 0 radical (unpaired) electrons. The molecule has 3 aromatic carbocycles. The fourth-order valence-electron chi connectivity index (χ4n) is 4.21. The Morgan fingerprint density at radius 3 is 2.28 bits per heavy atom. The maximum Gasteiger partial charge on any atom is 0.253 e. The molecule has 0 bridgehead atoms. The van der Waals surface area contributed by atoms with Crippen molar-refractivity contribution in [2.75, 3.05) is 22.5 Å². The molecule has 0 heterocycles. The number of carbonyl (C=O) groups is 3. The molecular weight excluding hydrogens is 459 g/mol. The summed E-state index contributed by atoms with van der Waals surface area (Å²) >= 11 is 0. The SMILES string of the molecule is O=C(Cc1ccccc1)Nc1cc(NCC(=O)Nc2ccccc2C(=O)NC2CCCC2)ccc1F. The fraction of sp³-hybridized carbons (Fsp3) is 0.250. The first kappa shape index (κ1) is 24.9. The van der Waals surface area contributed by atoms with Crippen LogP contribution < -0.4 is 21.3 Å². The molecule has 186 valence electrons. The zero-order valence-electron chi connectivity index (χ0n) is 19.9. The van der Waals surface area contributed by atoms with Crippen LogP contribution in [0.15, 0.2) is 72.8 Å². The lowest BCUT2D eigenvalue weighted by Crippen LogP contribution is -2.33. The molecule has 1 fully saturated rings. The summed E-state index contributed by atoms with van der Waals surface area (Å²) in [4.78, 5) is 37.6. The largest absolute Gasteiger partial charge is 0.376 e. The van der Waals surface area contributed by atoms with Gasteiger partial charge in [0.15, 0.2) is 0 Å². The van der Waals surface area contributed by atoms with E-state index in [0.29, 0.717) is 16.9 Å². The first-order valence-corrected chi connectivity index (χ1v) is 12.0. The summed E-state index contributed by atoms with van der Waals surface area (Å²) in [7, 11) is 0. The summed E-state index contributed by atoms with van der Waals surface area (Å²) in [6.07, 6.45) is 4.27. The first-order chi connectivity index (χ1) is 17.5. The van der Waals surface area contributed by atoms with Crippen LogP contribution in [0.2, 0.25) is 0 Å². The van der Waals surface area contributed by atoms with Gasteiger partial charge >= 0.3 is 0 Å². The Balaban J connectivity index is 1.33. The minimum Gasteiger partial charge on any atom is -0.376 e. The Bertz CT molecular complexity index is 1230. The van der Waals surface area contributed by atoms with Gasteiger partial charge in [-0.25, -0.2) is 4.39 Å². The normalized spacial score (nSPS) is 13.1. The second-order valence-corrected chi connectivity index (χ2v) is 8.81. The highest BCUT2D eigenvalue weighted by molar-refractivity contribution is 6.04. The lowest BCUT2D eigenvalue weighted by atomic mass is 10.1. The van der Waals surface area contributed by atoms with Crippen molar-refractivity contribution in [2.24, 2.45) is 0 Å². The van der Waals surface area contributed by atoms with Crippen molar-refractivity contribution < 1.29 is 18.8 Å². The van der Waals surface area contributed by atoms with Gasteiger partial charge in [-0.3, -0.25) is 14.4 Å². The first-order valence-electron chi connectivity index (χ1n) is 12.0. The predicted molar refractivity (Wildman–Crippen MR) is 138 cm³/mol. The quantitative estimate of drug-likeness (QED) is 0.350. The van der Waals surface area contributed by atoms with E-state index in [1.807, 2.05) is 30.3 Å². The third-order valence-corrected chi connectivity index (χ3v) is 6.04. The third kappa shape index (κ3) is 6.91. The number of benzene rings is 3. The second kappa shape index (κ2) is 12.0. The van der Waals surface area contributed by atoms with Crippen LogP contribution in [-0.4, -0.2) is 30.3 Å². The molecule has 3 aromatic rings. The van der Waals surface area contributed by atoms with E-state index in [2.05, 4.69) is 21.3 Å². The van der Waals surface area contributed by atoms with E-state index in [4.69, 9.17) is 0 Å². The number of rotatable bonds is 9. The third-order valence-electron chi connectivity index (χ3n) is 6.04. The van der Waals surface area contributed by atoms with Crippen molar-refractivity contribution in [1.82, 2.24) is 5.32 Å². The standard InChI is InChI=1S/C28H29FN4O3/c29-23-15-14-21(17-25(23)33-26(34)16-19-8-2-1-3-9-19)30-18-27(35)32-24-13-7-6-12-22(24)28(36)31-20-10-4-5-11-20/h1-3,6-9,12-15,17,20,30H,4-5,10-11,16,18H2,(H,31,36)(H,32,35)(H,33,34). The summed E-state index contributed by atoms with van der Waals surface area (Å²) < 4.78 is 14.3. The number of carbonyl (C=O) groups excluding carboxylic acids is 3. The molecule has 4 rings (SSSR count). The van der Waals surface area contributed by atoms with E-state index in [9.17, 15) is 18.8 Å². The van der Waals surface area contributed by atoms with Crippen molar-refractivity contribution in [3.63, 3.8) is 0 Å². The topological polar surface area (TPSA) is 99.3 Å². The van der Waals surface area contributed by atoms with Crippen molar-refractivity contribution in [3.05, 3.63) is 89.7 Å². The molecule has 36 heavy (non-hydrogen) atoms. The Hall–Kier alpha value is -4.20. The van der Waals surface area contributed by atoms with Gasteiger partial charge in [0.25, 0.3) is 5.91 Å². The number of nitrogens with one attached hydrogen (secondary N) is 4. The molecule has 8 heteroatoms. The summed E-state index contributed by atoms with van der Waals surface area (Å²) in [6.45, 7) is -0.110. The van der Waals surface area contributed by atoms with Crippen LogP contribution in [0.1, 0.15) is 41.6 Å². The second-order valence-electron chi connectivity index (χ2n) is 8.81. The molecule has 0 aromatic heterocycles. The van der Waals surface area contributed by atoms with E-state index in [-0.39, 0.29) is 42.4 Å². The molecule has 1 aliphatic carbocycles. The van der Waals surface area contributed by atoms with Crippen LogP contribution in [0, 0.1) is 5.82 Å². The number of halogens is 1. The minimum absolute atomic E-state index is 0.0234. The van der Waals surface area contributed by atoms with Gasteiger partial charge in [0.2, 0.25) is 11.8 Å². The van der Waals surface area contributed by atoms with Crippen LogP contribution in [0.3, 0.4) is 0 Å². The zero-order chi connectivity index (χ0) is 25.3. The van der Waals surface area contributed by atoms with Gasteiger partial charge in [-0.05, 0) is 48.7 Å². The van der Waals surface area contributed by atoms with Gasteiger partial charge in [-0.2, -0.15) is 0 Å². The summed E-state index contributed by atoms with van der Waals surface area (Å²) in [5.74, 6) is -1.49. The maximum atomic E-state index is 14.3. The van der Waals surface area contributed by atoms with E-state index < -0.39 is 5.82 Å². The predicted octanol–water partition coefficient (Wildman–Crippen LogP) is 4.73. The van der Waals surface area contributed by atoms with Crippen LogP contribution in [0.25, 0.3) is 0 Å². The molecule has 7 nitrogen and oxygen atoms in total. The lowest BCUT2D eigenvalue weighted by Gasteiger charge is -2.15. The van der Waals surface area contributed by atoms with E-state index in [1.54, 1.807) is 24.3 Å². The summed E-state index contributed by atoms with van der Waals surface area (Å²) in [5.41, 5.74) is 2.14. The van der Waals surface area contributed by atoms with Crippen molar-refractivity contribution in [3.8, 4) is 0 Å². The van der Waals surface area contributed by atoms with Gasteiger partial charge in [-0.1, -0.05) is 55.3 Å². The molecule has 0 saturated heterocycles. The van der Waals surface area contributed by atoms with Gasteiger partial charge < -0.3 is 21.3 Å². The van der Waals surface area contributed by atoms with Gasteiger partial charge in [0.05, 0.1) is 29.9 Å².